The van der Waals surface area contributed by atoms with Gasteiger partial charge in [-0.25, -0.2) is 9.18 Å². The van der Waals surface area contributed by atoms with Gasteiger partial charge in [-0.05, 0) is 33.8 Å². The van der Waals surface area contributed by atoms with Gasteiger partial charge in [0, 0.05) is 30.0 Å². The molecule has 1 aromatic carbocycles. The van der Waals surface area contributed by atoms with Gasteiger partial charge < -0.3 is 4.57 Å². The van der Waals surface area contributed by atoms with Crippen LogP contribution < -0.4 is 11.2 Å². The number of nitrogens with zero attached hydrogens (tertiary/aromatic N) is 5. The second kappa shape index (κ2) is 6.19. The molecular formula is C20H22FN5O2. The molecule has 0 aliphatic heterocycles. The maximum atomic E-state index is 14.1. The lowest BCUT2D eigenvalue weighted by Crippen LogP contribution is -2.39. The molecule has 0 amide bonds. The Morgan fingerprint density at radius 3 is 2.43 bits per heavy atom. The number of benzene rings is 1. The van der Waals surface area contributed by atoms with E-state index in [-0.39, 0.29) is 18.2 Å². The summed E-state index contributed by atoms with van der Waals surface area (Å²) in [6.45, 7) is 7.86. The zero-order chi connectivity index (χ0) is 20.3. The molecule has 0 spiro atoms. The zero-order valence-corrected chi connectivity index (χ0v) is 16.5. The average molecular weight is 383 g/mol. The van der Waals surface area contributed by atoms with Crippen LogP contribution >= 0.6 is 0 Å². The van der Waals surface area contributed by atoms with Crippen LogP contribution in [0.4, 0.5) is 4.39 Å². The second-order valence-corrected chi connectivity index (χ2v) is 7.38. The van der Waals surface area contributed by atoms with E-state index in [1.165, 1.54) is 10.6 Å². The molecule has 3 aromatic heterocycles. The molecule has 0 aliphatic rings. The van der Waals surface area contributed by atoms with Crippen LogP contribution in [0.25, 0.3) is 16.9 Å². The molecule has 8 heteroatoms. The number of rotatable bonds is 3. The van der Waals surface area contributed by atoms with E-state index in [1.54, 1.807) is 29.6 Å². The van der Waals surface area contributed by atoms with Gasteiger partial charge in [0.25, 0.3) is 5.56 Å². The molecule has 146 valence electrons. The third-order valence-electron chi connectivity index (χ3n) is 5.36. The van der Waals surface area contributed by atoms with Crippen LogP contribution in [0.1, 0.15) is 36.8 Å². The number of imidazole rings is 2. The van der Waals surface area contributed by atoms with Gasteiger partial charge in [0.15, 0.2) is 11.2 Å². The number of hydrogen-bond acceptors (Lipinski definition) is 3. The number of hydrogen-bond donors (Lipinski definition) is 0. The first-order chi connectivity index (χ1) is 13.2. The molecule has 0 fully saturated rings. The molecule has 0 bridgehead atoms. The minimum atomic E-state index is -0.521. The van der Waals surface area contributed by atoms with Crippen molar-refractivity contribution in [1.29, 1.82) is 0 Å². The van der Waals surface area contributed by atoms with Gasteiger partial charge in [0.1, 0.15) is 5.82 Å². The van der Waals surface area contributed by atoms with Crippen LogP contribution in [0.3, 0.4) is 0 Å². The molecule has 0 N–H and O–H groups in total. The smallest absolute Gasteiger partial charge is 0.311 e. The minimum absolute atomic E-state index is 0.135. The van der Waals surface area contributed by atoms with E-state index < -0.39 is 17.1 Å². The van der Waals surface area contributed by atoms with Crippen molar-refractivity contribution in [2.75, 3.05) is 0 Å². The Labute approximate surface area is 160 Å². The number of aryl methyl sites for hydroxylation is 2. The summed E-state index contributed by atoms with van der Waals surface area (Å²) in [5.74, 6) is 0.170. The Bertz CT molecular complexity index is 1350. The number of halogens is 1. The maximum absolute atomic E-state index is 14.1. The van der Waals surface area contributed by atoms with Crippen LogP contribution in [0.15, 0.2) is 33.9 Å². The van der Waals surface area contributed by atoms with Gasteiger partial charge in [-0.2, -0.15) is 4.98 Å². The summed E-state index contributed by atoms with van der Waals surface area (Å²) < 4.78 is 20.4. The summed E-state index contributed by atoms with van der Waals surface area (Å²) >= 11 is 0. The quantitative estimate of drug-likeness (QED) is 0.546. The van der Waals surface area contributed by atoms with E-state index in [9.17, 15) is 14.0 Å². The third kappa shape index (κ3) is 2.37. The molecule has 4 aromatic rings. The predicted octanol–water partition coefficient (Wildman–Crippen LogP) is 2.53. The van der Waals surface area contributed by atoms with Crippen LogP contribution in [0, 0.1) is 19.7 Å². The van der Waals surface area contributed by atoms with E-state index in [4.69, 9.17) is 0 Å². The van der Waals surface area contributed by atoms with Gasteiger partial charge >= 0.3 is 5.69 Å². The standard InChI is InChI=1S/C20H22FN5O2/c1-11(2)25-12(3)13(4)26-16-17(22-19(25)26)23(5)20(28)24(18(16)27)10-14-8-6-7-9-15(14)21/h6-9,11H,10H2,1-5H3. The molecule has 4 rings (SSSR count). The summed E-state index contributed by atoms with van der Waals surface area (Å²) in [5.41, 5.74) is 1.84. The minimum Gasteiger partial charge on any atom is -0.311 e. The number of aromatic nitrogens is 5. The van der Waals surface area contributed by atoms with Crippen molar-refractivity contribution in [3.8, 4) is 0 Å². The van der Waals surface area contributed by atoms with Gasteiger partial charge in [-0.15, -0.1) is 0 Å². The number of fused-ring (bicyclic) bond motifs is 3. The molecule has 0 radical (unpaired) electrons. The topological polar surface area (TPSA) is 66.2 Å². The Morgan fingerprint density at radius 1 is 1.11 bits per heavy atom. The summed E-state index contributed by atoms with van der Waals surface area (Å²) in [6, 6.07) is 6.29. The lowest BCUT2D eigenvalue weighted by atomic mass is 10.2. The second-order valence-electron chi connectivity index (χ2n) is 7.38. The summed E-state index contributed by atoms with van der Waals surface area (Å²) in [7, 11) is 1.58. The van der Waals surface area contributed by atoms with Crippen molar-refractivity contribution in [3.63, 3.8) is 0 Å². The summed E-state index contributed by atoms with van der Waals surface area (Å²) in [4.78, 5) is 30.7. The molecular weight excluding hydrogens is 361 g/mol. The van der Waals surface area contributed by atoms with Crippen molar-refractivity contribution in [1.82, 2.24) is 23.1 Å². The van der Waals surface area contributed by atoms with Crippen molar-refractivity contribution in [3.05, 3.63) is 67.9 Å². The highest BCUT2D eigenvalue weighted by Crippen LogP contribution is 2.24. The predicted molar refractivity (Wildman–Crippen MR) is 106 cm³/mol. The average Bonchev–Trinajstić information content (AvgIpc) is 3.14. The first kappa shape index (κ1) is 18.2. The van der Waals surface area contributed by atoms with E-state index >= 15 is 0 Å². The van der Waals surface area contributed by atoms with E-state index in [0.717, 1.165) is 16.0 Å². The monoisotopic (exact) mass is 383 g/mol. The van der Waals surface area contributed by atoms with E-state index in [1.807, 2.05) is 32.3 Å². The summed E-state index contributed by atoms with van der Waals surface area (Å²) in [6.07, 6.45) is 0. The molecule has 7 nitrogen and oxygen atoms in total. The SMILES string of the molecule is Cc1c(C)n2c3c(=O)n(Cc4ccccc4F)c(=O)n(C)c3nc2n1C(C)C. The van der Waals surface area contributed by atoms with Crippen molar-refractivity contribution >= 4 is 16.9 Å². The molecule has 0 atom stereocenters. The van der Waals surface area contributed by atoms with Crippen molar-refractivity contribution in [2.24, 2.45) is 7.05 Å². The van der Waals surface area contributed by atoms with Crippen molar-refractivity contribution < 1.29 is 4.39 Å². The molecule has 0 aliphatic carbocycles. The van der Waals surface area contributed by atoms with Gasteiger partial charge in [-0.3, -0.25) is 18.3 Å². The molecule has 0 unspecified atom stereocenters. The highest BCUT2D eigenvalue weighted by molar-refractivity contribution is 5.76. The first-order valence-corrected chi connectivity index (χ1v) is 9.16. The zero-order valence-electron chi connectivity index (χ0n) is 16.5. The molecule has 0 saturated carbocycles. The highest BCUT2D eigenvalue weighted by atomic mass is 19.1. The Hall–Kier alpha value is -3.16. The largest absolute Gasteiger partial charge is 0.332 e. The lowest BCUT2D eigenvalue weighted by Gasteiger charge is -2.10. The third-order valence-corrected chi connectivity index (χ3v) is 5.36. The lowest BCUT2D eigenvalue weighted by molar-refractivity contribution is 0.582. The van der Waals surface area contributed by atoms with Gasteiger partial charge in [0.2, 0.25) is 5.78 Å². The van der Waals surface area contributed by atoms with Gasteiger partial charge in [-0.1, -0.05) is 18.2 Å². The highest BCUT2D eigenvalue weighted by Gasteiger charge is 2.23. The Kier molecular flexibility index (Phi) is 4.02. The maximum Gasteiger partial charge on any atom is 0.332 e. The Morgan fingerprint density at radius 2 is 1.79 bits per heavy atom. The van der Waals surface area contributed by atoms with Crippen LogP contribution in [0.5, 0.6) is 0 Å². The van der Waals surface area contributed by atoms with Crippen LogP contribution in [-0.2, 0) is 13.6 Å². The van der Waals surface area contributed by atoms with E-state index in [2.05, 4.69) is 4.98 Å². The van der Waals surface area contributed by atoms with Gasteiger partial charge in [0.05, 0.1) is 6.54 Å². The fourth-order valence-electron chi connectivity index (χ4n) is 3.83. The van der Waals surface area contributed by atoms with Crippen molar-refractivity contribution in [2.45, 2.75) is 40.3 Å². The van der Waals surface area contributed by atoms with E-state index in [0.29, 0.717) is 16.9 Å². The fraction of sp³-hybridized carbons (Fsp3) is 0.350. The fourth-order valence-corrected chi connectivity index (χ4v) is 3.83. The molecule has 0 saturated heterocycles. The first-order valence-electron chi connectivity index (χ1n) is 9.16. The summed E-state index contributed by atoms with van der Waals surface area (Å²) in [5, 5.41) is 0. The van der Waals surface area contributed by atoms with Crippen LogP contribution in [0.2, 0.25) is 0 Å². The van der Waals surface area contributed by atoms with Crippen LogP contribution in [-0.4, -0.2) is 23.1 Å². The molecule has 3 heterocycles. The normalized spacial score (nSPS) is 12.0. The molecule has 28 heavy (non-hydrogen) atoms. The Balaban J connectivity index is 2.11.